The molecule has 0 aliphatic carbocycles. The highest BCUT2D eigenvalue weighted by molar-refractivity contribution is 5.79. The zero-order valence-corrected chi connectivity index (χ0v) is 13.5. The molecule has 0 bridgehead atoms. The average Bonchev–Trinajstić information content (AvgIpc) is 2.53. The molecule has 0 radical (unpaired) electrons. The smallest absolute Gasteiger partial charge is 0.323 e. The van der Waals surface area contributed by atoms with Gasteiger partial charge in [-0.05, 0) is 25.8 Å². The van der Waals surface area contributed by atoms with Crippen LogP contribution in [0.5, 0.6) is 0 Å². The van der Waals surface area contributed by atoms with Crippen LogP contribution in [0.2, 0.25) is 0 Å². The van der Waals surface area contributed by atoms with Crippen LogP contribution >= 0.6 is 0 Å². The fourth-order valence-electron chi connectivity index (χ4n) is 2.02. The maximum Gasteiger partial charge on any atom is 0.323 e. The largest absolute Gasteiger partial charge is 0.465 e. The fraction of sp³-hybridized carbons (Fsp3) is 0.529. The number of rotatable bonds is 9. The van der Waals surface area contributed by atoms with E-state index in [0.717, 1.165) is 12.0 Å². The molecule has 0 aromatic heterocycles. The van der Waals surface area contributed by atoms with Crippen LogP contribution < -0.4 is 5.32 Å². The van der Waals surface area contributed by atoms with Crippen LogP contribution in [0, 0.1) is 0 Å². The Labute approximate surface area is 132 Å². The summed E-state index contributed by atoms with van der Waals surface area (Å²) in [6.45, 7) is 5.98. The summed E-state index contributed by atoms with van der Waals surface area (Å²) in [6.07, 6.45) is 1.44. The fourth-order valence-corrected chi connectivity index (χ4v) is 2.02. The lowest BCUT2D eigenvalue weighted by atomic mass is 10.1. The number of carbonyl (C=O) groups excluding carboxylic acids is 2. The minimum Gasteiger partial charge on any atom is -0.465 e. The average molecular weight is 307 g/mol. The van der Waals surface area contributed by atoms with Crippen molar-refractivity contribution in [3.05, 3.63) is 35.9 Å². The van der Waals surface area contributed by atoms with Crippen LogP contribution in [0.1, 0.15) is 39.2 Å². The van der Waals surface area contributed by atoms with Gasteiger partial charge < -0.3 is 9.47 Å². The summed E-state index contributed by atoms with van der Waals surface area (Å²) in [5.41, 5.74) is 0.929. The van der Waals surface area contributed by atoms with Gasteiger partial charge in [-0.15, -0.1) is 0 Å². The maximum atomic E-state index is 12.0. The summed E-state index contributed by atoms with van der Waals surface area (Å²) >= 11 is 0. The summed E-state index contributed by atoms with van der Waals surface area (Å²) in [4.78, 5) is 23.8. The minimum atomic E-state index is -0.565. The Kier molecular flexibility index (Phi) is 8.22. The highest BCUT2D eigenvalue weighted by Gasteiger charge is 2.24. The first-order valence-corrected chi connectivity index (χ1v) is 7.71. The summed E-state index contributed by atoms with van der Waals surface area (Å²) < 4.78 is 10.3. The van der Waals surface area contributed by atoms with Crippen molar-refractivity contribution in [1.29, 1.82) is 0 Å². The number of hydrogen-bond acceptors (Lipinski definition) is 5. The second-order valence-corrected chi connectivity index (χ2v) is 5.07. The predicted octanol–water partition coefficient (Wildman–Crippen LogP) is 2.44. The van der Waals surface area contributed by atoms with Gasteiger partial charge in [-0.2, -0.15) is 0 Å². The normalized spacial score (nSPS) is 13.2. The number of hydrogen-bond donors (Lipinski definition) is 1. The van der Waals surface area contributed by atoms with Crippen molar-refractivity contribution >= 4 is 11.9 Å². The third-order valence-corrected chi connectivity index (χ3v) is 3.18. The van der Waals surface area contributed by atoms with Gasteiger partial charge in [0.15, 0.2) is 0 Å². The molecule has 0 fully saturated rings. The molecule has 0 amide bonds. The van der Waals surface area contributed by atoms with Gasteiger partial charge in [0.1, 0.15) is 18.7 Å². The van der Waals surface area contributed by atoms with E-state index in [9.17, 15) is 9.59 Å². The van der Waals surface area contributed by atoms with Gasteiger partial charge in [-0.1, -0.05) is 43.7 Å². The quantitative estimate of drug-likeness (QED) is 0.710. The van der Waals surface area contributed by atoms with Crippen LogP contribution in [0.3, 0.4) is 0 Å². The molecule has 0 aliphatic heterocycles. The Balaban J connectivity index is 2.48. The summed E-state index contributed by atoms with van der Waals surface area (Å²) in [5, 5.41) is 2.99. The molecule has 1 unspecified atom stereocenters. The second-order valence-electron chi connectivity index (χ2n) is 5.07. The van der Waals surface area contributed by atoms with Crippen LogP contribution in [-0.2, 0) is 25.7 Å². The van der Waals surface area contributed by atoms with E-state index in [-0.39, 0.29) is 18.5 Å². The molecule has 0 heterocycles. The molecule has 1 N–H and O–H groups in total. The van der Waals surface area contributed by atoms with Gasteiger partial charge in [0.05, 0.1) is 6.61 Å². The standard InChI is InChI=1S/C17H25NO4/c1-4-9-15(17(20)21-5-2)18-13(3)16(19)22-12-14-10-7-6-8-11-14/h6-8,10-11,13,15,18H,4-5,9,12H2,1-3H3/t13-,15?/m0/s1. The Hall–Kier alpha value is -1.88. The molecule has 1 aromatic carbocycles. The van der Waals surface area contributed by atoms with Gasteiger partial charge in [0, 0.05) is 0 Å². The van der Waals surface area contributed by atoms with Crippen molar-refractivity contribution in [2.45, 2.75) is 52.3 Å². The van der Waals surface area contributed by atoms with E-state index in [0.29, 0.717) is 13.0 Å². The van der Waals surface area contributed by atoms with E-state index in [1.165, 1.54) is 0 Å². The topological polar surface area (TPSA) is 64.6 Å². The number of carbonyl (C=O) groups is 2. The highest BCUT2D eigenvalue weighted by Crippen LogP contribution is 2.05. The molecule has 1 rings (SSSR count). The van der Waals surface area contributed by atoms with Crippen molar-refractivity contribution in [1.82, 2.24) is 5.32 Å². The van der Waals surface area contributed by atoms with E-state index in [2.05, 4.69) is 5.32 Å². The van der Waals surface area contributed by atoms with Crippen molar-refractivity contribution in [3.63, 3.8) is 0 Å². The van der Waals surface area contributed by atoms with E-state index < -0.39 is 12.1 Å². The highest BCUT2D eigenvalue weighted by atomic mass is 16.5. The first kappa shape index (κ1) is 18.2. The number of esters is 2. The number of ether oxygens (including phenoxy) is 2. The summed E-state index contributed by atoms with van der Waals surface area (Å²) in [6, 6.07) is 8.43. The van der Waals surface area contributed by atoms with E-state index in [1.807, 2.05) is 37.3 Å². The van der Waals surface area contributed by atoms with E-state index >= 15 is 0 Å². The molecule has 0 spiro atoms. The lowest BCUT2D eigenvalue weighted by molar-refractivity contribution is -0.149. The van der Waals surface area contributed by atoms with Crippen LogP contribution in [0.15, 0.2) is 30.3 Å². The van der Waals surface area contributed by atoms with Gasteiger partial charge in [0.2, 0.25) is 0 Å². The van der Waals surface area contributed by atoms with Gasteiger partial charge >= 0.3 is 11.9 Å². The Morgan fingerprint density at radius 2 is 1.77 bits per heavy atom. The Morgan fingerprint density at radius 1 is 1.09 bits per heavy atom. The molecule has 0 saturated carbocycles. The van der Waals surface area contributed by atoms with Gasteiger partial charge in [-0.25, -0.2) is 0 Å². The molecule has 5 nitrogen and oxygen atoms in total. The third kappa shape index (κ3) is 6.26. The molecule has 5 heteroatoms. The van der Waals surface area contributed by atoms with E-state index in [4.69, 9.17) is 9.47 Å². The van der Waals surface area contributed by atoms with Crippen LogP contribution in [-0.4, -0.2) is 30.6 Å². The SMILES string of the molecule is CCCC(N[C@@H](C)C(=O)OCc1ccccc1)C(=O)OCC. The summed E-state index contributed by atoms with van der Waals surface area (Å²) in [5.74, 6) is -0.707. The molecule has 22 heavy (non-hydrogen) atoms. The zero-order valence-electron chi connectivity index (χ0n) is 13.5. The Morgan fingerprint density at radius 3 is 2.36 bits per heavy atom. The number of nitrogens with one attached hydrogen (secondary N) is 1. The first-order chi connectivity index (χ1) is 10.6. The molecular weight excluding hydrogens is 282 g/mol. The van der Waals surface area contributed by atoms with Crippen LogP contribution in [0.25, 0.3) is 0 Å². The zero-order chi connectivity index (χ0) is 16.4. The van der Waals surface area contributed by atoms with Gasteiger partial charge in [0.25, 0.3) is 0 Å². The van der Waals surface area contributed by atoms with E-state index in [1.54, 1.807) is 13.8 Å². The monoisotopic (exact) mass is 307 g/mol. The summed E-state index contributed by atoms with van der Waals surface area (Å²) in [7, 11) is 0. The number of benzene rings is 1. The van der Waals surface area contributed by atoms with Crippen molar-refractivity contribution in [2.75, 3.05) is 6.61 Å². The molecule has 122 valence electrons. The molecule has 1 aromatic rings. The van der Waals surface area contributed by atoms with Crippen molar-refractivity contribution in [3.8, 4) is 0 Å². The minimum absolute atomic E-state index is 0.226. The maximum absolute atomic E-state index is 12.0. The third-order valence-electron chi connectivity index (χ3n) is 3.18. The molecule has 2 atom stereocenters. The molecule has 0 saturated heterocycles. The molecular formula is C17H25NO4. The lowest BCUT2D eigenvalue weighted by Crippen LogP contribution is -2.46. The van der Waals surface area contributed by atoms with Gasteiger partial charge in [-0.3, -0.25) is 14.9 Å². The first-order valence-electron chi connectivity index (χ1n) is 7.71. The molecule has 0 aliphatic rings. The van der Waals surface area contributed by atoms with Crippen molar-refractivity contribution < 1.29 is 19.1 Å². The van der Waals surface area contributed by atoms with Crippen LogP contribution in [0.4, 0.5) is 0 Å². The second kappa shape index (κ2) is 9.95. The Bertz CT molecular complexity index is 461. The predicted molar refractivity (Wildman–Crippen MR) is 84.2 cm³/mol. The lowest BCUT2D eigenvalue weighted by Gasteiger charge is -2.20. The van der Waals surface area contributed by atoms with Crippen molar-refractivity contribution in [2.24, 2.45) is 0 Å².